The summed E-state index contributed by atoms with van der Waals surface area (Å²) in [5.74, 6) is 0. The lowest BCUT2D eigenvalue weighted by atomic mass is 10.1. The van der Waals surface area contributed by atoms with Crippen molar-refractivity contribution in [2.45, 2.75) is 116 Å². The monoisotopic (exact) mass is 444 g/mol. The van der Waals surface area contributed by atoms with Gasteiger partial charge in [0.05, 0.1) is 18.3 Å². The molecule has 0 radical (unpaired) electrons. The van der Waals surface area contributed by atoms with Gasteiger partial charge in [0, 0.05) is 0 Å². The van der Waals surface area contributed by atoms with Gasteiger partial charge in [0.15, 0.2) is 0 Å². The van der Waals surface area contributed by atoms with Gasteiger partial charge in [0.2, 0.25) is 0 Å². The molecule has 0 aromatic carbocycles. The summed E-state index contributed by atoms with van der Waals surface area (Å²) in [6, 6.07) is 0. The fraction of sp³-hybridized carbons (Fsp3) is 0.750. The fourth-order valence-electron chi connectivity index (χ4n) is 3.12. The Morgan fingerprint density at radius 1 is 0.655 bits per heavy atom. The zero-order valence-electron chi connectivity index (χ0n) is 19.2. The molecule has 3 atom stereocenters. The first-order chi connectivity index (χ1) is 14.0. The Kier molecular flexibility index (Phi) is 18.4. The van der Waals surface area contributed by atoms with Gasteiger partial charge >= 0.3 is 6.72 Å². The van der Waals surface area contributed by atoms with Crippen LogP contribution in [0.2, 0.25) is 0 Å². The second kappa shape index (κ2) is 18.5. The van der Waals surface area contributed by atoms with E-state index in [0.29, 0.717) is 0 Å². The molecule has 0 N–H and O–H groups in total. The fourth-order valence-corrected chi connectivity index (χ4v) is 6.03. The molecule has 5 heteroatoms. The van der Waals surface area contributed by atoms with Gasteiger partial charge in [0.25, 0.3) is 0 Å². The standard InChI is InChI=1S/C24H45O3PS/c1-7-13-19-22(16-10-4)25-28(29,26-23(17-11-5)20-14-8-2)27-24(18-12-6)21-15-9-3/h10-12,22-24H,4-9,13-21H2,1-3H3. The minimum Gasteiger partial charge on any atom is -0.305 e. The van der Waals surface area contributed by atoms with Crippen LogP contribution in [0.15, 0.2) is 38.0 Å². The predicted octanol–water partition coefficient (Wildman–Crippen LogP) is 8.67. The predicted molar refractivity (Wildman–Crippen MR) is 132 cm³/mol. The van der Waals surface area contributed by atoms with Crippen LogP contribution in [0.25, 0.3) is 0 Å². The molecule has 3 nitrogen and oxygen atoms in total. The molecular weight excluding hydrogens is 399 g/mol. The molecular formula is C24H45O3PS. The summed E-state index contributed by atoms with van der Waals surface area (Å²) in [5.41, 5.74) is 0. The summed E-state index contributed by atoms with van der Waals surface area (Å²) >= 11 is 5.97. The first kappa shape index (κ1) is 28.8. The second-order valence-electron chi connectivity index (χ2n) is 7.63. The molecule has 0 aliphatic heterocycles. The van der Waals surface area contributed by atoms with E-state index in [9.17, 15) is 0 Å². The van der Waals surface area contributed by atoms with Crippen molar-refractivity contribution in [2.24, 2.45) is 0 Å². The van der Waals surface area contributed by atoms with E-state index in [1.54, 1.807) is 0 Å². The number of unbranched alkanes of at least 4 members (excludes halogenated alkanes) is 3. The van der Waals surface area contributed by atoms with Gasteiger partial charge in [-0.3, -0.25) is 0 Å². The van der Waals surface area contributed by atoms with E-state index in [2.05, 4.69) is 40.5 Å². The minimum atomic E-state index is -2.91. The molecule has 0 saturated carbocycles. The highest BCUT2D eigenvalue weighted by Crippen LogP contribution is 2.55. The lowest BCUT2D eigenvalue weighted by Gasteiger charge is -2.32. The highest BCUT2D eigenvalue weighted by molar-refractivity contribution is 8.07. The molecule has 0 saturated heterocycles. The van der Waals surface area contributed by atoms with Gasteiger partial charge in [-0.15, -0.1) is 19.7 Å². The largest absolute Gasteiger partial charge is 0.328 e. The Hall–Kier alpha value is -0.250. The molecule has 0 aromatic heterocycles. The van der Waals surface area contributed by atoms with Gasteiger partial charge in [-0.2, -0.15) is 0 Å². The van der Waals surface area contributed by atoms with E-state index >= 15 is 0 Å². The van der Waals surface area contributed by atoms with Crippen LogP contribution in [0.4, 0.5) is 0 Å². The number of rotatable bonds is 21. The highest BCUT2D eigenvalue weighted by Gasteiger charge is 2.31. The Morgan fingerprint density at radius 2 is 0.931 bits per heavy atom. The van der Waals surface area contributed by atoms with Gasteiger partial charge in [0.1, 0.15) is 0 Å². The molecule has 0 aliphatic carbocycles. The summed E-state index contributed by atoms with van der Waals surface area (Å²) < 4.78 is 19.3. The van der Waals surface area contributed by atoms with Crippen LogP contribution in [0.1, 0.15) is 97.8 Å². The smallest absolute Gasteiger partial charge is 0.305 e. The van der Waals surface area contributed by atoms with Crippen molar-refractivity contribution < 1.29 is 13.6 Å². The molecule has 0 fully saturated rings. The Labute approximate surface area is 186 Å². The first-order valence-electron chi connectivity index (χ1n) is 11.5. The Morgan fingerprint density at radius 3 is 1.14 bits per heavy atom. The third-order valence-electron chi connectivity index (χ3n) is 4.76. The maximum Gasteiger partial charge on any atom is 0.328 e. The molecule has 0 aliphatic rings. The van der Waals surface area contributed by atoms with Crippen molar-refractivity contribution in [1.82, 2.24) is 0 Å². The van der Waals surface area contributed by atoms with Gasteiger partial charge in [-0.25, -0.2) is 0 Å². The van der Waals surface area contributed by atoms with E-state index in [1.165, 1.54) is 0 Å². The van der Waals surface area contributed by atoms with Crippen molar-refractivity contribution >= 4 is 18.5 Å². The van der Waals surface area contributed by atoms with Gasteiger partial charge in [-0.05, 0) is 50.3 Å². The van der Waals surface area contributed by atoms with Crippen LogP contribution >= 0.6 is 6.72 Å². The third kappa shape index (κ3) is 14.4. The maximum absolute atomic E-state index is 6.44. The molecule has 0 rings (SSSR count). The highest BCUT2D eigenvalue weighted by atomic mass is 32.5. The summed E-state index contributed by atoms with van der Waals surface area (Å²) in [7, 11) is 0. The average Bonchev–Trinajstić information content (AvgIpc) is 2.69. The van der Waals surface area contributed by atoms with Crippen LogP contribution in [-0.4, -0.2) is 18.3 Å². The zero-order valence-corrected chi connectivity index (χ0v) is 20.9. The second-order valence-corrected chi connectivity index (χ2v) is 10.5. The lowest BCUT2D eigenvalue weighted by Crippen LogP contribution is -2.21. The quantitative estimate of drug-likeness (QED) is 0.131. The normalized spacial score (nSPS) is 16.5. The van der Waals surface area contributed by atoms with Crippen molar-refractivity contribution in [3.63, 3.8) is 0 Å². The van der Waals surface area contributed by atoms with E-state index < -0.39 is 6.72 Å². The topological polar surface area (TPSA) is 27.7 Å². The Balaban J connectivity index is 5.52. The van der Waals surface area contributed by atoms with Crippen LogP contribution in [0, 0.1) is 0 Å². The van der Waals surface area contributed by atoms with Gasteiger partial charge in [-0.1, -0.05) is 77.5 Å². The maximum atomic E-state index is 6.44. The molecule has 29 heavy (non-hydrogen) atoms. The summed E-state index contributed by atoms with van der Waals surface area (Å²) in [6.45, 7) is 15.3. The van der Waals surface area contributed by atoms with Crippen molar-refractivity contribution in [3.05, 3.63) is 38.0 Å². The Bertz CT molecular complexity index is 414. The van der Waals surface area contributed by atoms with Crippen molar-refractivity contribution in [3.8, 4) is 0 Å². The van der Waals surface area contributed by atoms with Crippen LogP contribution in [0.3, 0.4) is 0 Å². The van der Waals surface area contributed by atoms with E-state index in [-0.39, 0.29) is 18.3 Å². The van der Waals surface area contributed by atoms with E-state index in [1.807, 2.05) is 18.2 Å². The molecule has 0 spiro atoms. The van der Waals surface area contributed by atoms with Crippen LogP contribution in [0.5, 0.6) is 0 Å². The van der Waals surface area contributed by atoms with E-state index in [0.717, 1.165) is 77.0 Å². The number of hydrogen-bond donors (Lipinski definition) is 0. The number of hydrogen-bond acceptors (Lipinski definition) is 4. The van der Waals surface area contributed by atoms with Crippen LogP contribution in [-0.2, 0) is 25.4 Å². The molecule has 3 unspecified atom stereocenters. The summed E-state index contributed by atoms with van der Waals surface area (Å²) in [5, 5.41) is 0. The first-order valence-corrected chi connectivity index (χ1v) is 14.0. The minimum absolute atomic E-state index is 0.00982. The average molecular weight is 445 g/mol. The zero-order chi connectivity index (χ0) is 22.0. The lowest BCUT2D eigenvalue weighted by molar-refractivity contribution is 0.0556. The SMILES string of the molecule is C=CCC(CCCC)OP(=S)(OC(CC=C)CCCC)OC(CC=C)CCCC. The molecule has 0 amide bonds. The summed E-state index contributed by atoms with van der Waals surface area (Å²) in [6.07, 6.45) is 17.4. The molecule has 0 bridgehead atoms. The molecule has 0 aromatic rings. The van der Waals surface area contributed by atoms with Crippen molar-refractivity contribution in [2.75, 3.05) is 0 Å². The van der Waals surface area contributed by atoms with Crippen LogP contribution < -0.4 is 0 Å². The third-order valence-corrected chi connectivity index (χ3v) is 7.21. The molecule has 170 valence electrons. The van der Waals surface area contributed by atoms with Gasteiger partial charge < -0.3 is 13.6 Å². The molecule has 0 heterocycles. The van der Waals surface area contributed by atoms with Crippen molar-refractivity contribution in [1.29, 1.82) is 0 Å². The van der Waals surface area contributed by atoms with E-state index in [4.69, 9.17) is 25.4 Å². The summed E-state index contributed by atoms with van der Waals surface area (Å²) in [4.78, 5) is 0.